The van der Waals surface area contributed by atoms with Crippen LogP contribution in [-0.4, -0.2) is 22.8 Å². The lowest BCUT2D eigenvalue weighted by Gasteiger charge is -2.14. The molecule has 0 saturated carbocycles. The lowest BCUT2D eigenvalue weighted by atomic mass is 10.0. The molecule has 0 fully saturated rings. The van der Waals surface area contributed by atoms with Crippen molar-refractivity contribution in [3.05, 3.63) is 70.2 Å². The van der Waals surface area contributed by atoms with Crippen LogP contribution < -0.4 is 10.2 Å². The molecule has 0 saturated heterocycles. The van der Waals surface area contributed by atoms with Crippen molar-refractivity contribution in [1.82, 2.24) is 5.43 Å². The van der Waals surface area contributed by atoms with Gasteiger partial charge in [0.1, 0.15) is 11.5 Å². The van der Waals surface area contributed by atoms with Gasteiger partial charge in [-0.1, -0.05) is 53.5 Å². The standard InChI is InChI=1S/C21H18Cl2N2O3/c1-12(16-9-7-14-5-3-4-6-17(14)20(16)26)24-25-21(27)13(2)28-19-10-8-15(22)11-18(19)23/h3-11,13,26H,1-2H3,(H,25,27)/b24-12-/t13-/m0/s1. The minimum Gasteiger partial charge on any atom is -0.507 e. The highest BCUT2D eigenvalue weighted by Crippen LogP contribution is 2.29. The summed E-state index contributed by atoms with van der Waals surface area (Å²) < 4.78 is 5.56. The van der Waals surface area contributed by atoms with Crippen LogP contribution in [0.15, 0.2) is 59.7 Å². The first-order valence-corrected chi connectivity index (χ1v) is 9.29. The van der Waals surface area contributed by atoms with E-state index in [-0.39, 0.29) is 5.75 Å². The van der Waals surface area contributed by atoms with Gasteiger partial charge in [-0.15, -0.1) is 0 Å². The van der Waals surface area contributed by atoms with Crippen LogP contribution in [0.25, 0.3) is 10.8 Å². The number of ether oxygens (including phenoxy) is 1. The third kappa shape index (κ3) is 4.38. The van der Waals surface area contributed by atoms with Gasteiger partial charge in [-0.3, -0.25) is 4.79 Å². The van der Waals surface area contributed by atoms with Crippen LogP contribution in [-0.2, 0) is 4.79 Å². The molecule has 1 atom stereocenters. The zero-order chi connectivity index (χ0) is 20.3. The summed E-state index contributed by atoms with van der Waals surface area (Å²) in [5.41, 5.74) is 3.45. The van der Waals surface area contributed by atoms with Crippen LogP contribution in [0, 0.1) is 0 Å². The first-order valence-electron chi connectivity index (χ1n) is 8.53. The van der Waals surface area contributed by atoms with Crippen LogP contribution in [0.3, 0.4) is 0 Å². The van der Waals surface area contributed by atoms with E-state index in [1.807, 2.05) is 30.3 Å². The molecule has 0 radical (unpaired) electrons. The maximum Gasteiger partial charge on any atom is 0.280 e. The number of hydrogen-bond acceptors (Lipinski definition) is 4. The van der Waals surface area contributed by atoms with E-state index in [1.54, 1.807) is 32.0 Å². The maximum atomic E-state index is 12.3. The summed E-state index contributed by atoms with van der Waals surface area (Å²) in [6, 6.07) is 15.9. The Balaban J connectivity index is 1.72. The smallest absolute Gasteiger partial charge is 0.280 e. The van der Waals surface area contributed by atoms with Gasteiger partial charge in [0.05, 0.1) is 10.7 Å². The maximum absolute atomic E-state index is 12.3. The predicted octanol–water partition coefficient (Wildman–Crippen LogP) is 5.16. The summed E-state index contributed by atoms with van der Waals surface area (Å²) in [5.74, 6) is 0.0121. The average molecular weight is 417 g/mol. The van der Waals surface area contributed by atoms with Crippen molar-refractivity contribution in [3.8, 4) is 11.5 Å². The monoisotopic (exact) mass is 416 g/mol. The molecule has 0 aromatic heterocycles. The normalized spacial score (nSPS) is 12.6. The zero-order valence-corrected chi connectivity index (χ0v) is 16.8. The molecule has 0 spiro atoms. The molecule has 0 aliphatic heterocycles. The van der Waals surface area contributed by atoms with Crippen molar-refractivity contribution in [2.75, 3.05) is 0 Å². The topological polar surface area (TPSA) is 70.9 Å². The highest BCUT2D eigenvalue weighted by Gasteiger charge is 2.16. The first-order chi connectivity index (χ1) is 13.4. The van der Waals surface area contributed by atoms with Crippen molar-refractivity contribution in [2.45, 2.75) is 20.0 Å². The SMILES string of the molecule is C/C(=N/NC(=O)[C@H](C)Oc1ccc(Cl)cc1Cl)c1ccc2ccccc2c1O. The molecule has 3 aromatic carbocycles. The number of hydrogen-bond donors (Lipinski definition) is 2. The molecule has 144 valence electrons. The minimum atomic E-state index is -0.833. The molecule has 0 aliphatic carbocycles. The fraction of sp³-hybridized carbons (Fsp3) is 0.143. The number of benzene rings is 3. The van der Waals surface area contributed by atoms with Crippen LogP contribution in [0.4, 0.5) is 0 Å². The number of hydrazone groups is 1. The number of nitrogens with zero attached hydrogens (tertiary/aromatic N) is 1. The van der Waals surface area contributed by atoms with Gasteiger partial charge in [-0.25, -0.2) is 5.43 Å². The number of aromatic hydroxyl groups is 1. The van der Waals surface area contributed by atoms with E-state index in [1.165, 1.54) is 6.07 Å². The number of fused-ring (bicyclic) bond motifs is 1. The molecule has 0 bridgehead atoms. The van der Waals surface area contributed by atoms with Gasteiger partial charge in [0.25, 0.3) is 5.91 Å². The van der Waals surface area contributed by atoms with Gasteiger partial charge in [-0.2, -0.15) is 5.10 Å². The van der Waals surface area contributed by atoms with Crippen molar-refractivity contribution in [3.63, 3.8) is 0 Å². The molecule has 3 aromatic rings. The summed E-state index contributed by atoms with van der Waals surface area (Å²) in [5, 5.41) is 17.0. The second-order valence-electron chi connectivity index (χ2n) is 6.19. The van der Waals surface area contributed by atoms with E-state index in [0.29, 0.717) is 27.1 Å². The predicted molar refractivity (Wildman–Crippen MR) is 113 cm³/mol. The number of carbonyl (C=O) groups excluding carboxylic acids is 1. The molecular formula is C21H18Cl2N2O3. The number of nitrogens with one attached hydrogen (secondary N) is 1. The quantitative estimate of drug-likeness (QED) is 0.445. The second kappa shape index (κ2) is 8.50. The van der Waals surface area contributed by atoms with Crippen LogP contribution in [0.2, 0.25) is 10.0 Å². The second-order valence-corrected chi connectivity index (χ2v) is 7.03. The first kappa shape index (κ1) is 20.0. The number of phenols is 1. The molecule has 2 N–H and O–H groups in total. The fourth-order valence-corrected chi connectivity index (χ4v) is 3.10. The van der Waals surface area contributed by atoms with Gasteiger partial charge < -0.3 is 9.84 Å². The number of amides is 1. The van der Waals surface area contributed by atoms with Gasteiger partial charge >= 0.3 is 0 Å². The van der Waals surface area contributed by atoms with E-state index in [4.69, 9.17) is 27.9 Å². The summed E-state index contributed by atoms with van der Waals surface area (Å²) in [7, 11) is 0. The molecule has 0 heterocycles. The molecule has 0 unspecified atom stereocenters. The van der Waals surface area contributed by atoms with Gasteiger partial charge in [0.2, 0.25) is 0 Å². The lowest BCUT2D eigenvalue weighted by molar-refractivity contribution is -0.127. The Morgan fingerprint density at radius 2 is 1.89 bits per heavy atom. The van der Waals surface area contributed by atoms with Crippen molar-refractivity contribution >= 4 is 45.6 Å². The van der Waals surface area contributed by atoms with Gasteiger partial charge in [-0.05, 0) is 43.5 Å². The van der Waals surface area contributed by atoms with E-state index >= 15 is 0 Å². The number of carbonyl (C=O) groups is 1. The van der Waals surface area contributed by atoms with Gasteiger partial charge in [0.15, 0.2) is 6.10 Å². The lowest BCUT2D eigenvalue weighted by Crippen LogP contribution is -2.34. The van der Waals surface area contributed by atoms with Gasteiger partial charge in [0, 0.05) is 16.0 Å². The Kier molecular flexibility index (Phi) is 6.07. The Labute approximate surface area is 172 Å². The molecule has 0 aliphatic rings. The zero-order valence-electron chi connectivity index (χ0n) is 15.2. The van der Waals surface area contributed by atoms with E-state index in [2.05, 4.69) is 10.5 Å². The van der Waals surface area contributed by atoms with E-state index in [0.717, 1.165) is 10.8 Å². The van der Waals surface area contributed by atoms with E-state index < -0.39 is 12.0 Å². The molecule has 28 heavy (non-hydrogen) atoms. The summed E-state index contributed by atoms with van der Waals surface area (Å²) in [6.07, 6.45) is -0.833. The Morgan fingerprint density at radius 1 is 1.14 bits per heavy atom. The number of rotatable bonds is 5. The molecule has 3 rings (SSSR count). The summed E-state index contributed by atoms with van der Waals surface area (Å²) >= 11 is 11.9. The highest BCUT2D eigenvalue weighted by molar-refractivity contribution is 6.35. The summed E-state index contributed by atoms with van der Waals surface area (Å²) in [4.78, 5) is 12.3. The highest BCUT2D eigenvalue weighted by atomic mass is 35.5. The van der Waals surface area contributed by atoms with Crippen molar-refractivity contribution in [2.24, 2.45) is 5.10 Å². The molecule has 1 amide bonds. The van der Waals surface area contributed by atoms with Crippen LogP contribution in [0.5, 0.6) is 11.5 Å². The molecular weight excluding hydrogens is 399 g/mol. The largest absolute Gasteiger partial charge is 0.507 e. The fourth-order valence-electron chi connectivity index (χ4n) is 2.65. The van der Waals surface area contributed by atoms with E-state index in [9.17, 15) is 9.90 Å². The Bertz CT molecular complexity index is 1070. The molecule has 7 heteroatoms. The van der Waals surface area contributed by atoms with Crippen LogP contribution in [0.1, 0.15) is 19.4 Å². The van der Waals surface area contributed by atoms with Crippen LogP contribution >= 0.6 is 23.2 Å². The van der Waals surface area contributed by atoms with Crippen molar-refractivity contribution in [1.29, 1.82) is 0 Å². The Morgan fingerprint density at radius 3 is 2.64 bits per heavy atom. The number of halogens is 2. The van der Waals surface area contributed by atoms with Crippen molar-refractivity contribution < 1.29 is 14.6 Å². The minimum absolute atomic E-state index is 0.117. The Hall–Kier alpha value is -2.76. The average Bonchev–Trinajstić information content (AvgIpc) is 2.68. The number of phenolic OH excluding ortho intramolecular Hbond substituents is 1. The third-order valence-electron chi connectivity index (χ3n) is 4.19. The molecule has 5 nitrogen and oxygen atoms in total. The summed E-state index contributed by atoms with van der Waals surface area (Å²) in [6.45, 7) is 3.28. The third-order valence-corrected chi connectivity index (χ3v) is 4.72.